The van der Waals surface area contributed by atoms with E-state index in [1.807, 2.05) is 6.07 Å². The number of rotatable bonds is 1. The fraction of sp³-hybridized carbons (Fsp3) is 0.632. The molecule has 5 atom stereocenters. The highest BCUT2D eigenvalue weighted by atomic mass is 16.7. The Bertz CT molecular complexity index is 640. The molecule has 3 aliphatic rings. The number of phenols is 1. The molecule has 0 amide bonds. The Balaban J connectivity index is 1.63. The second-order valence-electron chi connectivity index (χ2n) is 7.79. The van der Waals surface area contributed by atoms with Gasteiger partial charge in [0.05, 0.1) is 0 Å². The zero-order chi connectivity index (χ0) is 16.2. The summed E-state index contributed by atoms with van der Waals surface area (Å²) in [4.78, 5) is 11.0. The van der Waals surface area contributed by atoms with Crippen LogP contribution >= 0.6 is 0 Å². The summed E-state index contributed by atoms with van der Waals surface area (Å²) >= 11 is 0. The molecule has 2 N–H and O–H groups in total. The Morgan fingerprint density at radius 2 is 2.09 bits per heavy atom. The number of benzene rings is 1. The third-order valence-electron chi connectivity index (χ3n) is 6.87. The minimum Gasteiger partial charge on any atom is -0.508 e. The maximum Gasteiger partial charge on any atom is 0.506 e. The van der Waals surface area contributed by atoms with Gasteiger partial charge in [0.2, 0.25) is 0 Å². The summed E-state index contributed by atoms with van der Waals surface area (Å²) in [7, 11) is 0. The number of aromatic hydroxyl groups is 1. The first kappa shape index (κ1) is 14.9. The van der Waals surface area contributed by atoms with Gasteiger partial charge in [0, 0.05) is 5.41 Å². The first-order valence-corrected chi connectivity index (χ1v) is 8.70. The maximum absolute atomic E-state index is 11.0. The fourth-order valence-electron chi connectivity index (χ4n) is 5.84. The fourth-order valence-corrected chi connectivity index (χ4v) is 5.84. The molecule has 1 aromatic carbocycles. The van der Waals surface area contributed by atoms with Crippen LogP contribution in [0.3, 0.4) is 0 Å². The van der Waals surface area contributed by atoms with Gasteiger partial charge in [-0.2, -0.15) is 0 Å². The van der Waals surface area contributed by atoms with Gasteiger partial charge in [-0.05, 0) is 79.5 Å². The van der Waals surface area contributed by atoms with E-state index >= 15 is 0 Å². The van der Waals surface area contributed by atoms with Crippen molar-refractivity contribution >= 4 is 6.16 Å². The van der Waals surface area contributed by atoms with Crippen molar-refractivity contribution in [3.05, 3.63) is 29.3 Å². The molecule has 4 rings (SSSR count). The molecule has 2 saturated carbocycles. The normalized spacial score (nSPS) is 38.3. The lowest BCUT2D eigenvalue weighted by molar-refractivity contribution is -0.0456. The standard InChI is InChI=1S/C19H24O4/c1-19-9-8-14-13-5-3-12(20)10-11(13)2-4-15(14)16(19)6-7-17(19)23-18(21)22/h3,5,10,14-17,20H,2,4,6-9H2,1H3,(H,21,22)/t14?,15?,16?,17-,19-/m0/s1. The topological polar surface area (TPSA) is 66.8 Å². The molecule has 0 bridgehead atoms. The second-order valence-corrected chi connectivity index (χ2v) is 7.79. The predicted molar refractivity (Wildman–Crippen MR) is 85.6 cm³/mol. The van der Waals surface area contributed by atoms with E-state index in [1.165, 1.54) is 11.1 Å². The summed E-state index contributed by atoms with van der Waals surface area (Å²) in [5, 5.41) is 18.7. The molecular weight excluding hydrogens is 292 g/mol. The Morgan fingerprint density at radius 3 is 2.87 bits per heavy atom. The molecule has 0 saturated heterocycles. The molecule has 2 fully saturated rings. The average molecular weight is 316 g/mol. The number of carbonyl (C=O) groups is 1. The van der Waals surface area contributed by atoms with Crippen molar-refractivity contribution < 1.29 is 19.7 Å². The highest BCUT2D eigenvalue weighted by molar-refractivity contribution is 5.57. The number of carboxylic acid groups (broad SMARTS) is 1. The van der Waals surface area contributed by atoms with Crippen molar-refractivity contribution in [2.75, 3.05) is 0 Å². The Kier molecular flexibility index (Phi) is 3.33. The van der Waals surface area contributed by atoms with Crippen LogP contribution in [0, 0.1) is 17.3 Å². The second kappa shape index (κ2) is 5.15. The molecule has 0 aliphatic heterocycles. The van der Waals surface area contributed by atoms with Crippen LogP contribution in [0.25, 0.3) is 0 Å². The number of phenolic OH excluding ortho intramolecular Hbond substituents is 1. The molecule has 0 spiro atoms. The van der Waals surface area contributed by atoms with Gasteiger partial charge >= 0.3 is 6.16 Å². The lowest BCUT2D eigenvalue weighted by Gasteiger charge is -2.50. The summed E-state index contributed by atoms with van der Waals surface area (Å²) in [6.45, 7) is 2.24. The lowest BCUT2D eigenvalue weighted by Crippen LogP contribution is -2.45. The summed E-state index contributed by atoms with van der Waals surface area (Å²) in [6, 6.07) is 5.83. The number of fused-ring (bicyclic) bond motifs is 5. The van der Waals surface area contributed by atoms with Crippen LogP contribution in [-0.4, -0.2) is 22.5 Å². The maximum atomic E-state index is 11.0. The summed E-state index contributed by atoms with van der Waals surface area (Å²) in [6.07, 6.45) is 4.92. The first-order chi connectivity index (χ1) is 11.0. The number of hydrogen-bond acceptors (Lipinski definition) is 3. The molecule has 3 aliphatic carbocycles. The van der Waals surface area contributed by atoms with Gasteiger partial charge in [-0.15, -0.1) is 0 Å². The summed E-state index contributed by atoms with van der Waals surface area (Å²) in [5.41, 5.74) is 2.70. The molecule has 4 heteroatoms. The number of hydrogen-bond donors (Lipinski definition) is 2. The molecular formula is C19H24O4. The van der Waals surface area contributed by atoms with Gasteiger partial charge in [-0.1, -0.05) is 13.0 Å². The molecule has 1 aromatic rings. The average Bonchev–Trinajstić information content (AvgIpc) is 2.83. The zero-order valence-electron chi connectivity index (χ0n) is 13.5. The van der Waals surface area contributed by atoms with Gasteiger partial charge in [0.15, 0.2) is 0 Å². The van der Waals surface area contributed by atoms with E-state index in [0.29, 0.717) is 23.5 Å². The van der Waals surface area contributed by atoms with Crippen LogP contribution in [0.5, 0.6) is 5.75 Å². The highest BCUT2D eigenvalue weighted by Crippen LogP contribution is 2.61. The van der Waals surface area contributed by atoms with Gasteiger partial charge in [0.25, 0.3) is 0 Å². The quantitative estimate of drug-likeness (QED) is 0.758. The Hall–Kier alpha value is -1.71. The first-order valence-electron chi connectivity index (χ1n) is 8.70. The van der Waals surface area contributed by atoms with Crippen molar-refractivity contribution in [2.45, 2.75) is 57.5 Å². The molecule has 0 radical (unpaired) electrons. The van der Waals surface area contributed by atoms with Crippen LogP contribution in [0.15, 0.2) is 18.2 Å². The van der Waals surface area contributed by atoms with E-state index < -0.39 is 6.16 Å². The van der Waals surface area contributed by atoms with Crippen LogP contribution in [-0.2, 0) is 11.2 Å². The van der Waals surface area contributed by atoms with Crippen molar-refractivity contribution in [3.63, 3.8) is 0 Å². The Morgan fingerprint density at radius 1 is 1.26 bits per heavy atom. The van der Waals surface area contributed by atoms with E-state index in [9.17, 15) is 9.90 Å². The SMILES string of the molecule is C[C@]12CCC3c4ccc(O)cc4CCC3C1CC[C@@H]2OC(=O)O. The number of ether oxygens (including phenoxy) is 1. The van der Waals surface area contributed by atoms with Gasteiger partial charge in [0.1, 0.15) is 11.9 Å². The third-order valence-corrected chi connectivity index (χ3v) is 6.87. The molecule has 0 aromatic heterocycles. The minimum atomic E-state index is -1.14. The molecule has 4 nitrogen and oxygen atoms in total. The molecule has 0 heterocycles. The lowest BCUT2D eigenvalue weighted by atomic mass is 9.55. The smallest absolute Gasteiger partial charge is 0.506 e. The van der Waals surface area contributed by atoms with Crippen molar-refractivity contribution in [1.82, 2.24) is 0 Å². The van der Waals surface area contributed by atoms with Crippen molar-refractivity contribution in [1.29, 1.82) is 0 Å². The Labute approximate surface area is 136 Å². The predicted octanol–water partition coefficient (Wildman–Crippen LogP) is 4.31. The van der Waals surface area contributed by atoms with Crippen LogP contribution in [0.2, 0.25) is 0 Å². The monoisotopic (exact) mass is 316 g/mol. The third kappa shape index (κ3) is 2.22. The van der Waals surface area contributed by atoms with E-state index in [0.717, 1.165) is 38.5 Å². The molecule has 3 unspecified atom stereocenters. The van der Waals surface area contributed by atoms with Crippen LogP contribution < -0.4 is 0 Å². The van der Waals surface area contributed by atoms with Crippen molar-refractivity contribution in [2.24, 2.45) is 17.3 Å². The van der Waals surface area contributed by atoms with E-state index in [4.69, 9.17) is 9.84 Å². The van der Waals surface area contributed by atoms with Gasteiger partial charge in [-0.3, -0.25) is 0 Å². The van der Waals surface area contributed by atoms with Gasteiger partial charge < -0.3 is 14.9 Å². The number of aryl methyl sites for hydroxylation is 1. The van der Waals surface area contributed by atoms with Crippen LogP contribution in [0.1, 0.15) is 56.1 Å². The summed E-state index contributed by atoms with van der Waals surface area (Å²) < 4.78 is 5.23. The summed E-state index contributed by atoms with van der Waals surface area (Å²) in [5.74, 6) is 2.08. The van der Waals surface area contributed by atoms with Crippen molar-refractivity contribution in [3.8, 4) is 5.75 Å². The van der Waals surface area contributed by atoms with E-state index in [-0.39, 0.29) is 11.5 Å². The highest BCUT2D eigenvalue weighted by Gasteiger charge is 2.56. The largest absolute Gasteiger partial charge is 0.508 e. The van der Waals surface area contributed by atoms with E-state index in [2.05, 4.69) is 13.0 Å². The zero-order valence-corrected chi connectivity index (χ0v) is 13.5. The van der Waals surface area contributed by atoms with Crippen LogP contribution in [0.4, 0.5) is 4.79 Å². The van der Waals surface area contributed by atoms with Gasteiger partial charge in [-0.25, -0.2) is 4.79 Å². The minimum absolute atomic E-state index is 0.00597. The molecule has 124 valence electrons. The van der Waals surface area contributed by atoms with E-state index in [1.54, 1.807) is 6.07 Å². The molecule has 23 heavy (non-hydrogen) atoms.